The van der Waals surface area contributed by atoms with Gasteiger partial charge in [0.1, 0.15) is 5.78 Å². The van der Waals surface area contributed by atoms with E-state index in [0.29, 0.717) is 28.5 Å². The topological polar surface area (TPSA) is 74.7 Å². The van der Waals surface area contributed by atoms with E-state index < -0.39 is 17.3 Å². The highest BCUT2D eigenvalue weighted by Crippen LogP contribution is 2.39. The molecule has 0 spiro atoms. The van der Waals surface area contributed by atoms with Gasteiger partial charge in [0.05, 0.1) is 16.2 Å². The van der Waals surface area contributed by atoms with Crippen LogP contribution in [0.5, 0.6) is 0 Å². The number of hydrogen-bond acceptors (Lipinski definition) is 5. The van der Waals surface area contributed by atoms with Gasteiger partial charge in [0, 0.05) is 18.0 Å². The minimum atomic E-state index is -0.868. The highest BCUT2D eigenvalue weighted by atomic mass is 32.1. The molecule has 3 aromatic carbocycles. The van der Waals surface area contributed by atoms with E-state index in [9.17, 15) is 14.4 Å². The maximum absolute atomic E-state index is 13.2. The van der Waals surface area contributed by atoms with Crippen molar-refractivity contribution in [3.63, 3.8) is 0 Å². The Kier molecular flexibility index (Phi) is 11.3. The van der Waals surface area contributed by atoms with Crippen molar-refractivity contribution in [2.24, 2.45) is 0 Å². The number of Topliss-reactive ketones (excluding diaryl/α,β-unsaturated/α-hetero) is 1. The molecule has 0 aliphatic heterocycles. The number of aliphatic carboxylic acids is 1. The average Bonchev–Trinajstić information content (AvgIpc) is 3.55. The van der Waals surface area contributed by atoms with Crippen molar-refractivity contribution in [1.29, 1.82) is 0 Å². The van der Waals surface area contributed by atoms with Crippen LogP contribution in [0, 0.1) is 0 Å². The normalized spacial score (nSPS) is 12.6. The summed E-state index contributed by atoms with van der Waals surface area (Å²) in [5.74, 6) is -1.17. The fourth-order valence-corrected chi connectivity index (χ4v) is 5.51. The lowest BCUT2D eigenvalue weighted by molar-refractivity contribution is -0.138. The number of rotatable bonds is 11. The highest BCUT2D eigenvalue weighted by Gasteiger charge is 2.41. The highest BCUT2D eigenvalue weighted by molar-refractivity contribution is 7.12. The Morgan fingerprint density at radius 1 is 0.805 bits per heavy atom. The smallest absolute Gasteiger partial charge is 0.310 e. The molecule has 0 fully saturated rings. The molecule has 0 aliphatic carbocycles. The Labute approximate surface area is 247 Å². The van der Waals surface area contributed by atoms with Gasteiger partial charge in [0.25, 0.3) is 0 Å². The van der Waals surface area contributed by atoms with Crippen LogP contribution in [0.25, 0.3) is 0 Å². The molecule has 1 aromatic heterocycles. The quantitative estimate of drug-likeness (QED) is 0.190. The van der Waals surface area contributed by atoms with E-state index >= 15 is 0 Å². The molecule has 2 unspecified atom stereocenters. The van der Waals surface area contributed by atoms with Gasteiger partial charge in [-0.15, -0.1) is 11.3 Å². The summed E-state index contributed by atoms with van der Waals surface area (Å²) < 4.78 is 0. The molecule has 0 amide bonds. The minimum absolute atomic E-state index is 0.0282. The molecule has 1 heterocycles. The van der Waals surface area contributed by atoms with Crippen molar-refractivity contribution < 1.29 is 19.5 Å². The van der Waals surface area contributed by atoms with Crippen molar-refractivity contribution >= 4 is 28.9 Å². The Hall–Kier alpha value is -3.87. The maximum Gasteiger partial charge on any atom is 0.310 e. The maximum atomic E-state index is 13.2. The summed E-state index contributed by atoms with van der Waals surface area (Å²) in [6, 6.07) is 31.1. The molecule has 0 aliphatic rings. The van der Waals surface area contributed by atoms with Crippen LogP contribution in [0.2, 0.25) is 0 Å². The number of hydrogen-bond donors (Lipinski definition) is 1. The lowest BCUT2D eigenvalue weighted by atomic mass is 9.67. The van der Waals surface area contributed by atoms with Crippen LogP contribution >= 0.6 is 11.3 Å². The number of benzene rings is 3. The number of carboxylic acid groups (broad SMARTS) is 1. The summed E-state index contributed by atoms with van der Waals surface area (Å²) >= 11 is 1.40. The monoisotopic (exact) mass is 569 g/mol. The van der Waals surface area contributed by atoms with Crippen LogP contribution in [0.15, 0.2) is 102 Å². The van der Waals surface area contributed by atoms with Crippen LogP contribution in [-0.2, 0) is 15.0 Å². The number of nitrogens with zero attached hydrogens (tertiary/aromatic N) is 1. The molecule has 214 valence electrons. The molecule has 6 heteroatoms. The molecule has 4 rings (SSSR count). The van der Waals surface area contributed by atoms with Crippen molar-refractivity contribution in [3.8, 4) is 0 Å². The summed E-state index contributed by atoms with van der Waals surface area (Å²) in [7, 11) is 4.14. The molecule has 0 saturated heterocycles. The molecular weight excluding hydrogens is 530 g/mol. The van der Waals surface area contributed by atoms with Crippen molar-refractivity contribution in [3.05, 3.63) is 130 Å². The van der Waals surface area contributed by atoms with Gasteiger partial charge < -0.3 is 10.0 Å². The molecule has 0 radical (unpaired) electrons. The minimum Gasteiger partial charge on any atom is -0.481 e. The van der Waals surface area contributed by atoms with E-state index in [2.05, 4.69) is 50.2 Å². The Morgan fingerprint density at radius 3 is 1.76 bits per heavy atom. The van der Waals surface area contributed by atoms with Gasteiger partial charge in [-0.3, -0.25) is 14.4 Å². The van der Waals surface area contributed by atoms with Gasteiger partial charge in [-0.2, -0.15) is 0 Å². The Bertz CT molecular complexity index is 1360. The third kappa shape index (κ3) is 7.66. The Morgan fingerprint density at radius 2 is 1.34 bits per heavy atom. The Balaban J connectivity index is 0.000000232. The fourth-order valence-electron chi connectivity index (χ4n) is 4.83. The molecule has 2 atom stereocenters. The lowest BCUT2D eigenvalue weighted by Gasteiger charge is -2.37. The van der Waals surface area contributed by atoms with Gasteiger partial charge >= 0.3 is 5.97 Å². The zero-order valence-corrected chi connectivity index (χ0v) is 25.2. The van der Waals surface area contributed by atoms with E-state index in [4.69, 9.17) is 5.11 Å². The van der Waals surface area contributed by atoms with E-state index in [1.807, 2.05) is 54.8 Å². The van der Waals surface area contributed by atoms with Crippen LogP contribution in [0.3, 0.4) is 0 Å². The molecule has 1 N–H and O–H groups in total. The van der Waals surface area contributed by atoms with E-state index in [-0.39, 0.29) is 11.6 Å². The predicted octanol–water partition coefficient (Wildman–Crippen LogP) is 7.46. The van der Waals surface area contributed by atoms with Crippen molar-refractivity contribution in [2.45, 2.75) is 51.0 Å². The van der Waals surface area contributed by atoms with E-state index in [0.717, 1.165) is 17.5 Å². The largest absolute Gasteiger partial charge is 0.481 e. The second-order valence-electron chi connectivity index (χ2n) is 10.4. The molecule has 0 saturated carbocycles. The van der Waals surface area contributed by atoms with Gasteiger partial charge in [0.15, 0.2) is 0 Å². The van der Waals surface area contributed by atoms with Gasteiger partial charge in [0.2, 0.25) is 5.78 Å². The first kappa shape index (κ1) is 31.7. The summed E-state index contributed by atoms with van der Waals surface area (Å²) in [4.78, 5) is 38.9. The zero-order chi connectivity index (χ0) is 30.0. The lowest BCUT2D eigenvalue weighted by Crippen LogP contribution is -2.42. The van der Waals surface area contributed by atoms with Crippen LogP contribution < -0.4 is 0 Å². The molecule has 5 nitrogen and oxygen atoms in total. The first-order valence-electron chi connectivity index (χ1n) is 13.8. The van der Waals surface area contributed by atoms with E-state index in [1.54, 1.807) is 37.3 Å². The van der Waals surface area contributed by atoms with Gasteiger partial charge in [-0.1, -0.05) is 97.9 Å². The summed E-state index contributed by atoms with van der Waals surface area (Å²) in [5.41, 5.74) is 2.88. The van der Waals surface area contributed by atoms with Crippen molar-refractivity contribution in [1.82, 2.24) is 4.90 Å². The SMILES string of the molecule is CC(C(=O)O)c1ccc(C(=O)c2cccs2)cc1.CCC(=O)C(CC(C)N(C)C)(c1ccccc1)c1ccccc1. The molecular formula is C35H39NO4S. The predicted molar refractivity (Wildman–Crippen MR) is 167 cm³/mol. The number of ketones is 2. The second kappa shape index (κ2) is 14.7. The average molecular weight is 570 g/mol. The van der Waals surface area contributed by atoms with Gasteiger partial charge in [-0.05, 0) is 62.5 Å². The molecule has 4 aromatic rings. The summed E-state index contributed by atoms with van der Waals surface area (Å²) in [5, 5.41) is 10.8. The number of carboxylic acids is 1. The number of thiophene rings is 1. The van der Waals surface area contributed by atoms with Crippen molar-refractivity contribution in [2.75, 3.05) is 14.1 Å². The standard InChI is InChI=1S/C21H27NO.C14H12O3S/c1-5-20(23)21(16-17(2)22(3)4,18-12-8-6-9-13-18)19-14-10-7-11-15-19;1-9(14(16)17)10-4-6-11(7-5-10)13(15)12-3-2-8-18-12/h6-15,17H,5,16H2,1-4H3;2-9H,1H3,(H,16,17). The molecule has 0 bridgehead atoms. The van der Waals surface area contributed by atoms with Crippen LogP contribution in [0.4, 0.5) is 0 Å². The molecule has 41 heavy (non-hydrogen) atoms. The fraction of sp³-hybridized carbons (Fsp3) is 0.286. The number of carbonyl (C=O) groups is 3. The number of carbonyl (C=O) groups excluding carboxylic acids is 2. The van der Waals surface area contributed by atoms with Gasteiger partial charge in [-0.25, -0.2) is 0 Å². The van der Waals surface area contributed by atoms with E-state index in [1.165, 1.54) is 11.3 Å². The zero-order valence-electron chi connectivity index (χ0n) is 24.4. The third-order valence-electron chi connectivity index (χ3n) is 7.60. The van der Waals surface area contributed by atoms with Crippen LogP contribution in [0.1, 0.15) is 71.5 Å². The van der Waals surface area contributed by atoms with Crippen LogP contribution in [-0.4, -0.2) is 47.7 Å². The summed E-state index contributed by atoms with van der Waals surface area (Å²) in [6.07, 6.45) is 1.31. The third-order valence-corrected chi connectivity index (χ3v) is 8.47. The second-order valence-corrected chi connectivity index (χ2v) is 11.4. The first-order chi connectivity index (χ1) is 19.6. The summed E-state index contributed by atoms with van der Waals surface area (Å²) in [6.45, 7) is 5.77. The first-order valence-corrected chi connectivity index (χ1v) is 14.7.